The summed E-state index contributed by atoms with van der Waals surface area (Å²) in [7, 11) is -0.181. The van der Waals surface area contributed by atoms with Crippen LogP contribution in [0.1, 0.15) is 34.9 Å². The summed E-state index contributed by atoms with van der Waals surface area (Å²) >= 11 is 8.18. The number of rotatable bonds is 8. The van der Waals surface area contributed by atoms with Crippen LogP contribution in [0.15, 0.2) is 77.1 Å². The van der Waals surface area contributed by atoms with Gasteiger partial charge in [0.25, 0.3) is 15.9 Å². The minimum Gasteiger partial charge on any atom is -0.497 e. The summed E-state index contributed by atoms with van der Waals surface area (Å²) in [5.41, 5.74) is -0.544. The largest absolute Gasteiger partial charge is 0.497 e. The molecule has 9 nitrogen and oxygen atoms in total. The van der Waals surface area contributed by atoms with Crippen molar-refractivity contribution in [2.45, 2.75) is 29.3 Å². The Hall–Kier alpha value is -3.64. The monoisotopic (exact) mass is 625 g/mol. The lowest BCUT2D eigenvalue weighted by Crippen LogP contribution is -2.54. The average Bonchev–Trinajstić information content (AvgIpc) is 3.75. The first kappa shape index (κ1) is 28.5. The third-order valence-corrected chi connectivity index (χ3v) is 10.8. The molecule has 12 heteroatoms. The molecule has 4 heterocycles. The van der Waals surface area contributed by atoms with Gasteiger partial charge in [0.15, 0.2) is 5.54 Å². The van der Waals surface area contributed by atoms with Gasteiger partial charge in [0.05, 0.1) is 27.0 Å². The maximum Gasteiger partial charge on any atom is 0.274 e. The molecule has 0 saturated carbocycles. The Labute approximate surface area is 253 Å². The number of ether oxygens (including phenoxy) is 3. The van der Waals surface area contributed by atoms with Gasteiger partial charge >= 0.3 is 0 Å². The van der Waals surface area contributed by atoms with E-state index in [1.165, 1.54) is 39.5 Å². The molecule has 2 atom stereocenters. The fourth-order valence-corrected chi connectivity index (χ4v) is 8.79. The van der Waals surface area contributed by atoms with Gasteiger partial charge in [0.2, 0.25) is 5.88 Å². The van der Waals surface area contributed by atoms with Gasteiger partial charge in [0.1, 0.15) is 16.4 Å². The average molecular weight is 626 g/mol. The van der Waals surface area contributed by atoms with Crippen LogP contribution in [0, 0.1) is 0 Å². The van der Waals surface area contributed by atoms with Crippen LogP contribution in [0.25, 0.3) is 0 Å². The number of methoxy groups -OCH3 is 3. The normalized spacial score (nSPS) is 20.5. The van der Waals surface area contributed by atoms with E-state index in [1.807, 2.05) is 17.5 Å². The number of likely N-dealkylation sites (tertiary alicyclic amines) is 1. The highest BCUT2D eigenvalue weighted by molar-refractivity contribution is 7.93. The van der Waals surface area contributed by atoms with Crippen LogP contribution in [-0.2, 0) is 20.4 Å². The van der Waals surface area contributed by atoms with Crippen LogP contribution in [0.4, 0.5) is 5.69 Å². The number of hydrogen-bond acceptors (Lipinski definition) is 9. The lowest BCUT2D eigenvalue weighted by atomic mass is 9.81. The molecule has 6 rings (SSSR count). The van der Waals surface area contributed by atoms with Crippen molar-refractivity contribution in [1.29, 1.82) is 0 Å². The predicted molar refractivity (Wildman–Crippen MR) is 160 cm³/mol. The summed E-state index contributed by atoms with van der Waals surface area (Å²) in [5, 5.41) is 2.36. The minimum atomic E-state index is -4.51. The molecule has 218 valence electrons. The second-order valence-corrected chi connectivity index (χ2v) is 13.1. The van der Waals surface area contributed by atoms with Gasteiger partial charge in [-0.2, -0.15) is 0 Å². The van der Waals surface area contributed by atoms with Gasteiger partial charge in [-0.05, 0) is 66.8 Å². The van der Waals surface area contributed by atoms with E-state index in [-0.39, 0.29) is 28.3 Å². The molecule has 0 aliphatic carbocycles. The van der Waals surface area contributed by atoms with Crippen LogP contribution in [0.2, 0.25) is 5.02 Å². The molecular formula is C30H28ClN3O6S2. The first-order valence-corrected chi connectivity index (χ1v) is 15.9. The van der Waals surface area contributed by atoms with Gasteiger partial charge in [-0.15, -0.1) is 11.3 Å². The van der Waals surface area contributed by atoms with Gasteiger partial charge in [-0.25, -0.2) is 17.7 Å². The Bertz CT molecular complexity index is 1760. The number of fused-ring (bicyclic) bond motifs is 1. The number of halogens is 1. The fraction of sp³-hybridized carbons (Fsp3) is 0.267. The number of amides is 1. The number of nitrogens with zero attached hydrogens (tertiary/aromatic N) is 3. The van der Waals surface area contributed by atoms with Crippen LogP contribution in [0.3, 0.4) is 0 Å². The van der Waals surface area contributed by atoms with Crippen molar-refractivity contribution in [3.8, 4) is 17.4 Å². The van der Waals surface area contributed by atoms with E-state index >= 15 is 4.79 Å². The standard InChI is InChI=1S/C30H28ClN3O6S2/c1-38-20-11-13-27(25(18-20)39-2)42(36,37)34-23-12-10-19(31)17-22(23)30(29(34)35,21-7-4-14-32-28(21)40-3)33-15-5-8-24(33)26-9-6-16-41-26/h4,6-7,9-14,16-18,24H,5,8,15H2,1-3H3/t24?,30-/m0/s1. The molecule has 1 fully saturated rings. The molecule has 2 aliphatic rings. The van der Waals surface area contributed by atoms with E-state index < -0.39 is 21.5 Å². The number of sulfonamides is 1. The first-order valence-electron chi connectivity index (χ1n) is 13.2. The first-order chi connectivity index (χ1) is 20.3. The molecule has 1 amide bonds. The van der Waals surface area contributed by atoms with Crippen LogP contribution < -0.4 is 18.5 Å². The molecule has 42 heavy (non-hydrogen) atoms. The third-order valence-electron chi connectivity index (χ3n) is 7.86. The molecule has 0 bridgehead atoms. The zero-order chi connectivity index (χ0) is 29.6. The van der Waals surface area contributed by atoms with Crippen molar-refractivity contribution in [3.05, 3.63) is 93.3 Å². The summed E-state index contributed by atoms with van der Waals surface area (Å²) in [6, 6.07) is 16.5. The van der Waals surface area contributed by atoms with E-state index in [0.29, 0.717) is 28.4 Å². The van der Waals surface area contributed by atoms with E-state index in [2.05, 4.69) is 9.88 Å². The smallest absolute Gasteiger partial charge is 0.274 e. The second kappa shape index (κ2) is 10.9. The Kier molecular flexibility index (Phi) is 7.38. The lowest BCUT2D eigenvalue weighted by molar-refractivity contribution is -0.127. The minimum absolute atomic E-state index is 0.0479. The number of thiophene rings is 1. The number of hydrogen-bond donors (Lipinski definition) is 0. The zero-order valence-corrected chi connectivity index (χ0v) is 25.5. The fourth-order valence-electron chi connectivity index (χ4n) is 6.14. The molecular weight excluding hydrogens is 598 g/mol. The van der Waals surface area contributed by atoms with E-state index in [4.69, 9.17) is 25.8 Å². The maximum atomic E-state index is 15.2. The molecule has 4 aromatic rings. The van der Waals surface area contributed by atoms with Crippen molar-refractivity contribution in [2.24, 2.45) is 0 Å². The highest BCUT2D eigenvalue weighted by Crippen LogP contribution is 2.57. The van der Waals surface area contributed by atoms with Crippen molar-refractivity contribution in [2.75, 3.05) is 32.2 Å². The van der Waals surface area contributed by atoms with Crippen molar-refractivity contribution >= 4 is 44.6 Å². The summed E-state index contributed by atoms with van der Waals surface area (Å²) in [5.74, 6) is 0.00469. The Morgan fingerprint density at radius 1 is 1.00 bits per heavy atom. The van der Waals surface area contributed by atoms with Crippen LogP contribution in [0.5, 0.6) is 17.4 Å². The molecule has 2 aromatic carbocycles. The number of aromatic nitrogens is 1. The summed E-state index contributed by atoms with van der Waals surface area (Å²) < 4.78 is 46.4. The summed E-state index contributed by atoms with van der Waals surface area (Å²) in [6.07, 6.45) is 3.16. The summed E-state index contributed by atoms with van der Waals surface area (Å²) in [6.45, 7) is 0.526. The van der Waals surface area contributed by atoms with Crippen molar-refractivity contribution in [1.82, 2.24) is 9.88 Å². The van der Waals surface area contributed by atoms with E-state index in [1.54, 1.807) is 47.9 Å². The molecule has 0 N–H and O–H groups in total. The highest BCUT2D eigenvalue weighted by atomic mass is 35.5. The summed E-state index contributed by atoms with van der Waals surface area (Å²) in [4.78, 5) is 22.6. The predicted octanol–water partition coefficient (Wildman–Crippen LogP) is 5.64. The van der Waals surface area contributed by atoms with Gasteiger partial charge in [-0.1, -0.05) is 17.7 Å². The number of carbonyl (C=O) groups excluding carboxylic acids is 1. The molecule has 0 radical (unpaired) electrons. The number of carbonyl (C=O) groups is 1. The van der Waals surface area contributed by atoms with Gasteiger partial charge in [0, 0.05) is 45.9 Å². The zero-order valence-electron chi connectivity index (χ0n) is 23.1. The number of anilines is 1. The second-order valence-electron chi connectivity index (χ2n) is 9.89. The number of benzene rings is 2. The van der Waals surface area contributed by atoms with Crippen LogP contribution >= 0.6 is 22.9 Å². The molecule has 0 spiro atoms. The van der Waals surface area contributed by atoms with Crippen LogP contribution in [-0.4, -0.2) is 52.1 Å². The highest BCUT2D eigenvalue weighted by Gasteiger charge is 2.62. The molecule has 2 aromatic heterocycles. The SMILES string of the molecule is COc1ccc(S(=O)(=O)N2C(=O)[C@@](c3cccnc3OC)(N3CCCC3c3cccs3)c3cc(Cl)ccc32)c(OC)c1. The number of pyridine rings is 1. The Morgan fingerprint density at radius 2 is 1.83 bits per heavy atom. The Balaban J connectivity index is 1.66. The quantitative estimate of drug-likeness (QED) is 0.248. The van der Waals surface area contributed by atoms with Crippen molar-refractivity contribution < 1.29 is 27.4 Å². The molecule has 1 saturated heterocycles. The lowest BCUT2D eigenvalue weighted by Gasteiger charge is -2.41. The van der Waals surface area contributed by atoms with Crippen molar-refractivity contribution in [3.63, 3.8) is 0 Å². The van der Waals surface area contributed by atoms with Gasteiger partial charge in [-0.3, -0.25) is 9.69 Å². The molecule has 2 aliphatic heterocycles. The molecule has 1 unspecified atom stereocenters. The van der Waals surface area contributed by atoms with E-state index in [9.17, 15) is 8.42 Å². The van der Waals surface area contributed by atoms with Gasteiger partial charge < -0.3 is 14.2 Å². The topological polar surface area (TPSA) is 98.3 Å². The van der Waals surface area contributed by atoms with E-state index in [0.717, 1.165) is 22.0 Å². The Morgan fingerprint density at radius 3 is 2.55 bits per heavy atom. The third kappa shape index (κ3) is 4.17. The maximum absolute atomic E-state index is 15.2.